The lowest BCUT2D eigenvalue weighted by molar-refractivity contribution is 0.193. The average molecular weight is 237 g/mol. The highest BCUT2D eigenvalue weighted by Gasteiger charge is 2.15. The molecule has 0 aliphatic rings. The summed E-state index contributed by atoms with van der Waals surface area (Å²) in [4.78, 5) is 2.16. The number of hydrogen-bond acceptors (Lipinski definition) is 3. The summed E-state index contributed by atoms with van der Waals surface area (Å²) in [5.41, 5.74) is 1.11. The van der Waals surface area contributed by atoms with Gasteiger partial charge in [0, 0.05) is 37.9 Å². The summed E-state index contributed by atoms with van der Waals surface area (Å²) in [5, 5.41) is 9.34. The van der Waals surface area contributed by atoms with Crippen LogP contribution in [0.2, 0.25) is 0 Å². The number of aliphatic hydroxyl groups excluding tert-OH is 1. The highest BCUT2D eigenvalue weighted by atomic mass is 16.5. The highest BCUT2D eigenvalue weighted by molar-refractivity contribution is 5.50. The lowest BCUT2D eigenvalue weighted by atomic mass is 9.96. The smallest absolute Gasteiger partial charge is 0.120 e. The highest BCUT2D eigenvalue weighted by Crippen LogP contribution is 2.22. The first-order valence-electron chi connectivity index (χ1n) is 6.04. The van der Waals surface area contributed by atoms with E-state index >= 15 is 0 Å². The summed E-state index contributed by atoms with van der Waals surface area (Å²) in [7, 11) is 3.71. The summed E-state index contributed by atoms with van der Waals surface area (Å²) in [5.74, 6) is 1.64. The molecule has 1 aromatic carbocycles. The van der Waals surface area contributed by atoms with Gasteiger partial charge in [-0.05, 0) is 18.1 Å². The van der Waals surface area contributed by atoms with Gasteiger partial charge >= 0.3 is 0 Å². The Kier molecular flexibility index (Phi) is 5.29. The van der Waals surface area contributed by atoms with Gasteiger partial charge in [0.25, 0.3) is 0 Å². The van der Waals surface area contributed by atoms with E-state index in [9.17, 15) is 5.11 Å². The standard InChI is InChI=1S/C14H23NO2/c1-11(2)12(10-16)9-15(3)13-6-5-7-14(8-13)17-4/h5-8,11-12,16H,9-10H2,1-4H3. The second-order valence-corrected chi connectivity index (χ2v) is 4.77. The number of hydrogen-bond donors (Lipinski definition) is 1. The molecule has 0 aliphatic carbocycles. The molecule has 0 amide bonds. The van der Waals surface area contributed by atoms with Gasteiger partial charge in [-0.15, -0.1) is 0 Å². The second-order valence-electron chi connectivity index (χ2n) is 4.77. The molecule has 17 heavy (non-hydrogen) atoms. The molecule has 1 atom stereocenters. The lowest BCUT2D eigenvalue weighted by Crippen LogP contribution is -2.30. The zero-order valence-electron chi connectivity index (χ0n) is 11.2. The van der Waals surface area contributed by atoms with Crippen molar-refractivity contribution in [3.05, 3.63) is 24.3 Å². The summed E-state index contributed by atoms with van der Waals surface area (Å²) in [6, 6.07) is 7.98. The minimum Gasteiger partial charge on any atom is -0.497 e. The van der Waals surface area contributed by atoms with Crippen molar-refractivity contribution in [1.82, 2.24) is 0 Å². The van der Waals surface area contributed by atoms with Gasteiger partial charge in [0.2, 0.25) is 0 Å². The molecule has 0 aromatic heterocycles. The SMILES string of the molecule is COc1cccc(N(C)CC(CO)C(C)C)c1. The Morgan fingerprint density at radius 1 is 1.35 bits per heavy atom. The summed E-state index contributed by atoms with van der Waals surface area (Å²) >= 11 is 0. The maximum Gasteiger partial charge on any atom is 0.120 e. The van der Waals surface area contributed by atoms with Crippen molar-refractivity contribution in [2.45, 2.75) is 13.8 Å². The first-order chi connectivity index (χ1) is 8.08. The van der Waals surface area contributed by atoms with E-state index in [0.29, 0.717) is 11.8 Å². The number of methoxy groups -OCH3 is 1. The summed E-state index contributed by atoms with van der Waals surface area (Å²) in [6.07, 6.45) is 0. The minimum atomic E-state index is 0.228. The van der Waals surface area contributed by atoms with Crippen molar-refractivity contribution in [3.63, 3.8) is 0 Å². The maximum absolute atomic E-state index is 9.34. The molecule has 1 rings (SSSR count). The van der Waals surface area contributed by atoms with Gasteiger partial charge in [-0.1, -0.05) is 19.9 Å². The van der Waals surface area contributed by atoms with Gasteiger partial charge in [-0.3, -0.25) is 0 Å². The van der Waals surface area contributed by atoms with Crippen molar-refractivity contribution in [3.8, 4) is 5.75 Å². The molecular formula is C14H23NO2. The van der Waals surface area contributed by atoms with Gasteiger partial charge in [-0.25, -0.2) is 0 Å². The molecule has 0 radical (unpaired) electrons. The monoisotopic (exact) mass is 237 g/mol. The van der Waals surface area contributed by atoms with E-state index in [4.69, 9.17) is 4.74 Å². The number of benzene rings is 1. The van der Waals surface area contributed by atoms with Crippen LogP contribution in [0.3, 0.4) is 0 Å². The molecule has 96 valence electrons. The predicted molar refractivity (Wildman–Crippen MR) is 71.7 cm³/mol. The quantitative estimate of drug-likeness (QED) is 0.824. The van der Waals surface area contributed by atoms with Crippen molar-refractivity contribution in [2.24, 2.45) is 11.8 Å². The molecule has 1 unspecified atom stereocenters. The van der Waals surface area contributed by atoms with Gasteiger partial charge in [0.05, 0.1) is 7.11 Å². The van der Waals surface area contributed by atoms with E-state index < -0.39 is 0 Å². The maximum atomic E-state index is 9.34. The van der Waals surface area contributed by atoms with Crippen molar-refractivity contribution < 1.29 is 9.84 Å². The van der Waals surface area contributed by atoms with Crippen LogP contribution in [0.5, 0.6) is 5.75 Å². The van der Waals surface area contributed by atoms with Crippen LogP contribution in [0.25, 0.3) is 0 Å². The van der Waals surface area contributed by atoms with Gasteiger partial charge < -0.3 is 14.7 Å². The average Bonchev–Trinajstić information content (AvgIpc) is 2.35. The molecule has 0 fully saturated rings. The Hall–Kier alpha value is -1.22. The molecular weight excluding hydrogens is 214 g/mol. The summed E-state index contributed by atoms with van der Waals surface area (Å²) in [6.45, 7) is 5.36. The topological polar surface area (TPSA) is 32.7 Å². The summed E-state index contributed by atoms with van der Waals surface area (Å²) < 4.78 is 5.21. The molecule has 0 aliphatic heterocycles. The third-order valence-electron chi connectivity index (χ3n) is 3.18. The number of anilines is 1. The first kappa shape index (κ1) is 13.8. The second kappa shape index (κ2) is 6.50. The fraction of sp³-hybridized carbons (Fsp3) is 0.571. The van der Waals surface area contributed by atoms with Gasteiger partial charge in [0.15, 0.2) is 0 Å². The zero-order valence-corrected chi connectivity index (χ0v) is 11.2. The molecule has 0 saturated heterocycles. The fourth-order valence-corrected chi connectivity index (χ4v) is 1.78. The van der Waals surface area contributed by atoms with E-state index in [1.165, 1.54) is 0 Å². The molecule has 1 N–H and O–H groups in total. The van der Waals surface area contributed by atoms with Crippen LogP contribution >= 0.6 is 0 Å². The van der Waals surface area contributed by atoms with E-state index in [0.717, 1.165) is 18.0 Å². The van der Waals surface area contributed by atoms with Crippen molar-refractivity contribution in [2.75, 3.05) is 32.2 Å². The largest absolute Gasteiger partial charge is 0.497 e. The van der Waals surface area contributed by atoms with Crippen LogP contribution in [0.1, 0.15) is 13.8 Å². The van der Waals surface area contributed by atoms with Gasteiger partial charge in [0.1, 0.15) is 5.75 Å². The van der Waals surface area contributed by atoms with Crippen LogP contribution in [0.4, 0.5) is 5.69 Å². The number of aliphatic hydroxyl groups is 1. The Balaban J connectivity index is 2.71. The van der Waals surface area contributed by atoms with Crippen LogP contribution in [0, 0.1) is 11.8 Å². The Labute approximate surface area is 104 Å². The Bertz CT molecular complexity index is 339. The van der Waals surface area contributed by atoms with E-state index in [1.54, 1.807) is 7.11 Å². The molecule has 3 heteroatoms. The van der Waals surface area contributed by atoms with Crippen molar-refractivity contribution in [1.29, 1.82) is 0 Å². The van der Waals surface area contributed by atoms with E-state index in [1.807, 2.05) is 25.2 Å². The van der Waals surface area contributed by atoms with Crippen molar-refractivity contribution >= 4 is 5.69 Å². The molecule has 0 saturated carbocycles. The zero-order chi connectivity index (χ0) is 12.8. The third-order valence-corrected chi connectivity index (χ3v) is 3.18. The molecule has 3 nitrogen and oxygen atoms in total. The van der Waals surface area contributed by atoms with E-state index in [-0.39, 0.29) is 6.61 Å². The fourth-order valence-electron chi connectivity index (χ4n) is 1.78. The lowest BCUT2D eigenvalue weighted by Gasteiger charge is -2.27. The van der Waals surface area contributed by atoms with Crippen LogP contribution < -0.4 is 9.64 Å². The van der Waals surface area contributed by atoms with Crippen LogP contribution in [-0.2, 0) is 0 Å². The van der Waals surface area contributed by atoms with Crippen LogP contribution in [0.15, 0.2) is 24.3 Å². The molecule has 1 aromatic rings. The van der Waals surface area contributed by atoms with E-state index in [2.05, 4.69) is 24.8 Å². The number of ether oxygens (including phenoxy) is 1. The number of nitrogens with zero attached hydrogens (tertiary/aromatic N) is 1. The molecule has 0 bridgehead atoms. The molecule has 0 spiro atoms. The predicted octanol–water partition coefficient (Wildman–Crippen LogP) is 2.40. The Morgan fingerprint density at radius 3 is 2.59 bits per heavy atom. The number of rotatable bonds is 6. The first-order valence-corrected chi connectivity index (χ1v) is 6.04. The molecule has 0 heterocycles. The van der Waals surface area contributed by atoms with Crippen LogP contribution in [-0.4, -0.2) is 32.4 Å². The Morgan fingerprint density at radius 2 is 2.06 bits per heavy atom. The van der Waals surface area contributed by atoms with Gasteiger partial charge in [-0.2, -0.15) is 0 Å². The minimum absolute atomic E-state index is 0.228. The third kappa shape index (κ3) is 3.93. The normalized spacial score (nSPS) is 12.6.